The average molecular weight is 668 g/mol. The lowest BCUT2D eigenvalue weighted by molar-refractivity contribution is 0.767. The zero-order valence-electron chi connectivity index (χ0n) is 22.5. The maximum Gasteiger partial charge on any atom is 0.145 e. The predicted octanol–water partition coefficient (Wildman–Crippen LogP) is 10.6. The van der Waals surface area contributed by atoms with E-state index in [4.69, 9.17) is 4.98 Å². The second kappa shape index (κ2) is 9.94. The Labute approximate surface area is 261 Å². The summed E-state index contributed by atoms with van der Waals surface area (Å²) in [6.45, 7) is 0. The van der Waals surface area contributed by atoms with Crippen molar-refractivity contribution in [3.05, 3.63) is 177 Å². The molecule has 0 N–H and O–H groups in total. The Morgan fingerprint density at radius 3 is 1.81 bits per heavy atom. The zero-order valence-corrected chi connectivity index (χ0v) is 25.7. The van der Waals surface area contributed by atoms with Gasteiger partial charge in [-0.3, -0.25) is 4.57 Å². The molecule has 8 rings (SSSR count). The summed E-state index contributed by atoms with van der Waals surface area (Å²) in [5.74, 6) is 0.925. The fraction of sp³-hybridized carbons (Fsp3) is 0.0263. The van der Waals surface area contributed by atoms with Crippen LogP contribution in [0, 0.1) is 0 Å². The monoisotopic (exact) mass is 666 g/mol. The van der Waals surface area contributed by atoms with E-state index < -0.39 is 5.41 Å². The van der Waals surface area contributed by atoms with Gasteiger partial charge in [0.1, 0.15) is 5.82 Å². The second-order valence-electron chi connectivity index (χ2n) is 10.7. The minimum Gasteiger partial charge on any atom is -0.292 e. The van der Waals surface area contributed by atoms with Gasteiger partial charge in [0, 0.05) is 20.2 Å². The molecular weight excluding hydrogens is 644 g/mol. The smallest absolute Gasteiger partial charge is 0.145 e. The average Bonchev–Trinajstić information content (AvgIpc) is 3.56. The van der Waals surface area contributed by atoms with Gasteiger partial charge in [-0.15, -0.1) is 0 Å². The zero-order chi connectivity index (χ0) is 28.3. The number of para-hydroxylation sites is 3. The van der Waals surface area contributed by atoms with Crippen molar-refractivity contribution in [2.24, 2.45) is 0 Å². The van der Waals surface area contributed by atoms with Crippen molar-refractivity contribution in [2.45, 2.75) is 5.41 Å². The molecule has 1 aliphatic rings. The number of nitrogens with zero attached hydrogens (tertiary/aromatic N) is 2. The molecule has 42 heavy (non-hydrogen) atoms. The highest BCUT2D eigenvalue weighted by molar-refractivity contribution is 9.10. The number of rotatable bonds is 4. The van der Waals surface area contributed by atoms with Crippen molar-refractivity contribution in [3.63, 3.8) is 0 Å². The van der Waals surface area contributed by atoms with Crippen LogP contribution in [-0.4, -0.2) is 9.55 Å². The normalized spacial score (nSPS) is 13.2. The summed E-state index contributed by atoms with van der Waals surface area (Å²) in [6.07, 6.45) is 0. The van der Waals surface area contributed by atoms with E-state index in [1.807, 2.05) is 0 Å². The number of hydrogen-bond acceptors (Lipinski definition) is 1. The summed E-state index contributed by atoms with van der Waals surface area (Å²) in [5.41, 5.74) is 11.2. The molecule has 0 unspecified atom stereocenters. The minimum atomic E-state index is -0.515. The third-order valence-corrected chi connectivity index (χ3v) is 9.38. The molecule has 0 fully saturated rings. The Hall–Kier alpha value is -4.25. The molecule has 200 valence electrons. The number of aromatic nitrogens is 2. The minimum absolute atomic E-state index is 0.515. The molecule has 0 amide bonds. The maximum absolute atomic E-state index is 5.19. The van der Waals surface area contributed by atoms with E-state index in [9.17, 15) is 0 Å². The van der Waals surface area contributed by atoms with Crippen LogP contribution < -0.4 is 0 Å². The largest absolute Gasteiger partial charge is 0.292 e. The van der Waals surface area contributed by atoms with Crippen LogP contribution in [-0.2, 0) is 5.41 Å². The van der Waals surface area contributed by atoms with Crippen molar-refractivity contribution >= 4 is 42.9 Å². The van der Waals surface area contributed by atoms with Crippen LogP contribution in [0.1, 0.15) is 22.3 Å². The number of benzene rings is 6. The molecule has 0 atom stereocenters. The second-order valence-corrected chi connectivity index (χ2v) is 12.5. The Morgan fingerprint density at radius 1 is 0.524 bits per heavy atom. The summed E-state index contributed by atoms with van der Waals surface area (Å²) in [4.78, 5) is 5.19. The van der Waals surface area contributed by atoms with Gasteiger partial charge in [-0.2, -0.15) is 0 Å². The van der Waals surface area contributed by atoms with Crippen molar-refractivity contribution in [3.8, 4) is 28.2 Å². The van der Waals surface area contributed by atoms with Gasteiger partial charge in [0.25, 0.3) is 0 Å². The Bertz CT molecular complexity index is 2060. The molecule has 7 aromatic rings. The van der Waals surface area contributed by atoms with Crippen molar-refractivity contribution in [1.29, 1.82) is 0 Å². The summed E-state index contributed by atoms with van der Waals surface area (Å²) in [6, 6.07) is 52.1. The molecule has 1 heterocycles. The number of imidazole rings is 1. The standard InChI is InChI=1S/C38H24Br2N2/c39-28-18-20-31-32-21-19-29(40)24-34(32)38(33(31)23-28,26-11-3-1-4-12-26)27-13-9-10-25(22-27)37-41-35-16-7-8-17-36(35)42(37)30-14-5-2-6-15-30/h1-24H. The van der Waals surface area contributed by atoms with Gasteiger partial charge >= 0.3 is 0 Å². The first kappa shape index (κ1) is 25.5. The van der Waals surface area contributed by atoms with Crippen LogP contribution in [0.5, 0.6) is 0 Å². The van der Waals surface area contributed by atoms with Gasteiger partial charge in [-0.05, 0) is 88.0 Å². The lowest BCUT2D eigenvalue weighted by Gasteiger charge is -2.34. The molecule has 2 nitrogen and oxygen atoms in total. The van der Waals surface area contributed by atoms with E-state index >= 15 is 0 Å². The lowest BCUT2D eigenvalue weighted by Crippen LogP contribution is -2.28. The van der Waals surface area contributed by atoms with Gasteiger partial charge in [-0.1, -0.05) is 123 Å². The van der Waals surface area contributed by atoms with Crippen LogP contribution in [0.25, 0.3) is 39.2 Å². The van der Waals surface area contributed by atoms with Gasteiger partial charge in [0.05, 0.1) is 16.4 Å². The highest BCUT2D eigenvalue weighted by atomic mass is 79.9. The van der Waals surface area contributed by atoms with Crippen molar-refractivity contribution in [1.82, 2.24) is 9.55 Å². The highest BCUT2D eigenvalue weighted by Gasteiger charge is 2.46. The third-order valence-electron chi connectivity index (χ3n) is 8.40. The van der Waals surface area contributed by atoms with Crippen LogP contribution in [0.15, 0.2) is 155 Å². The predicted molar refractivity (Wildman–Crippen MR) is 179 cm³/mol. The molecular formula is C38H24Br2N2. The van der Waals surface area contributed by atoms with E-state index in [1.54, 1.807) is 0 Å². The van der Waals surface area contributed by atoms with Crippen molar-refractivity contribution in [2.75, 3.05) is 0 Å². The molecule has 0 saturated heterocycles. The summed E-state index contributed by atoms with van der Waals surface area (Å²) in [7, 11) is 0. The summed E-state index contributed by atoms with van der Waals surface area (Å²) in [5, 5.41) is 0. The third kappa shape index (κ3) is 3.79. The fourth-order valence-electron chi connectivity index (χ4n) is 6.69. The molecule has 1 aromatic heterocycles. The molecule has 0 bridgehead atoms. The Balaban J connectivity index is 1.46. The first-order chi connectivity index (χ1) is 20.6. The highest BCUT2D eigenvalue weighted by Crippen LogP contribution is 2.57. The van der Waals surface area contributed by atoms with E-state index in [1.165, 1.54) is 33.4 Å². The summed E-state index contributed by atoms with van der Waals surface area (Å²) < 4.78 is 4.40. The lowest BCUT2D eigenvalue weighted by atomic mass is 9.67. The van der Waals surface area contributed by atoms with Crippen LogP contribution >= 0.6 is 31.9 Å². The van der Waals surface area contributed by atoms with E-state index in [2.05, 4.69) is 182 Å². The SMILES string of the molecule is Brc1ccc2c(c1)C(c1ccccc1)(c1cccc(-c3nc4ccccc4n3-c3ccccc3)c1)c1cc(Br)ccc1-2. The fourth-order valence-corrected chi connectivity index (χ4v) is 7.42. The van der Waals surface area contributed by atoms with Crippen LogP contribution in [0.3, 0.4) is 0 Å². The summed E-state index contributed by atoms with van der Waals surface area (Å²) >= 11 is 7.61. The number of hydrogen-bond donors (Lipinski definition) is 0. The van der Waals surface area contributed by atoms with Gasteiger partial charge < -0.3 is 0 Å². The molecule has 4 heteroatoms. The Kier molecular flexibility index (Phi) is 6.02. The van der Waals surface area contributed by atoms with Gasteiger partial charge in [-0.25, -0.2) is 4.98 Å². The van der Waals surface area contributed by atoms with Crippen LogP contribution in [0.2, 0.25) is 0 Å². The maximum atomic E-state index is 5.19. The van der Waals surface area contributed by atoms with Crippen LogP contribution in [0.4, 0.5) is 0 Å². The molecule has 1 aliphatic carbocycles. The van der Waals surface area contributed by atoms with E-state index in [-0.39, 0.29) is 0 Å². The quantitative estimate of drug-likeness (QED) is 0.183. The molecule has 6 aromatic carbocycles. The molecule has 0 spiro atoms. The van der Waals surface area contributed by atoms with Crippen molar-refractivity contribution < 1.29 is 0 Å². The van der Waals surface area contributed by atoms with Gasteiger partial charge in [0.15, 0.2) is 0 Å². The van der Waals surface area contributed by atoms with E-state index in [0.29, 0.717) is 0 Å². The molecule has 0 radical (unpaired) electrons. The first-order valence-corrected chi connectivity index (χ1v) is 15.5. The van der Waals surface area contributed by atoms with Gasteiger partial charge in [0.2, 0.25) is 0 Å². The number of halogens is 2. The topological polar surface area (TPSA) is 17.8 Å². The molecule has 0 saturated carbocycles. The number of fused-ring (bicyclic) bond motifs is 4. The molecule has 0 aliphatic heterocycles. The Morgan fingerprint density at radius 2 is 1.12 bits per heavy atom. The first-order valence-electron chi connectivity index (χ1n) is 13.9. The van der Waals surface area contributed by atoms with E-state index in [0.717, 1.165) is 37.1 Å².